The molecular weight excluding hydrogens is 352 g/mol. The Morgan fingerprint density at radius 2 is 1.96 bits per heavy atom. The summed E-state index contributed by atoms with van der Waals surface area (Å²) in [5.41, 5.74) is 1.69. The largest absolute Gasteiger partial charge is 0.494 e. The minimum Gasteiger partial charge on any atom is -0.494 e. The van der Waals surface area contributed by atoms with E-state index in [4.69, 9.17) is 4.74 Å². The summed E-state index contributed by atoms with van der Waals surface area (Å²) in [6.45, 7) is 8.39. The second-order valence-corrected chi connectivity index (χ2v) is 6.93. The Kier molecular flexibility index (Phi) is 5.27. The van der Waals surface area contributed by atoms with E-state index in [1.807, 2.05) is 45.0 Å². The quantitative estimate of drug-likeness (QED) is 0.714. The zero-order chi connectivity index (χ0) is 18.7. The van der Waals surface area contributed by atoms with Crippen LogP contribution in [-0.2, 0) is 0 Å². The molecular formula is C17H20N6O2S. The van der Waals surface area contributed by atoms with Gasteiger partial charge in [-0.15, -0.1) is 15.3 Å². The van der Waals surface area contributed by atoms with Crippen molar-refractivity contribution in [1.82, 2.24) is 25.2 Å². The first-order valence-electron chi connectivity index (χ1n) is 8.30. The summed E-state index contributed by atoms with van der Waals surface area (Å²) in [5.74, 6) is 0.691. The molecule has 3 rings (SSSR count). The summed E-state index contributed by atoms with van der Waals surface area (Å²) in [6, 6.07) is 7.45. The van der Waals surface area contributed by atoms with Crippen LogP contribution in [0.25, 0.3) is 5.69 Å². The molecule has 0 spiro atoms. The van der Waals surface area contributed by atoms with Crippen LogP contribution in [0.4, 0.5) is 5.13 Å². The molecule has 2 heterocycles. The fourth-order valence-corrected chi connectivity index (χ4v) is 3.05. The van der Waals surface area contributed by atoms with Crippen LogP contribution in [0.1, 0.15) is 47.9 Å². The van der Waals surface area contributed by atoms with Gasteiger partial charge in [0.2, 0.25) is 5.13 Å². The van der Waals surface area contributed by atoms with E-state index in [1.165, 1.54) is 11.3 Å². The van der Waals surface area contributed by atoms with Gasteiger partial charge in [-0.3, -0.25) is 10.1 Å². The van der Waals surface area contributed by atoms with Gasteiger partial charge in [0.15, 0.2) is 5.69 Å². The van der Waals surface area contributed by atoms with Gasteiger partial charge < -0.3 is 4.74 Å². The van der Waals surface area contributed by atoms with E-state index >= 15 is 0 Å². The van der Waals surface area contributed by atoms with Crippen molar-refractivity contribution < 1.29 is 9.53 Å². The number of ether oxygens (including phenoxy) is 1. The average molecular weight is 372 g/mol. The standard InChI is InChI=1S/C17H20N6O2S/c1-5-25-13-8-6-12(7-9-13)23-11(4)14(19-22-23)15(24)18-17-21-20-16(26-17)10(2)3/h6-10H,5H2,1-4H3,(H,18,21,24). The summed E-state index contributed by atoms with van der Waals surface area (Å²) in [6.07, 6.45) is 0. The van der Waals surface area contributed by atoms with Gasteiger partial charge in [0.05, 0.1) is 18.0 Å². The molecule has 0 atom stereocenters. The van der Waals surface area contributed by atoms with Crippen LogP contribution in [0.3, 0.4) is 0 Å². The van der Waals surface area contributed by atoms with Crippen LogP contribution in [0, 0.1) is 6.92 Å². The number of aromatic nitrogens is 5. The molecule has 0 radical (unpaired) electrons. The highest BCUT2D eigenvalue weighted by molar-refractivity contribution is 7.15. The van der Waals surface area contributed by atoms with Crippen molar-refractivity contribution in [2.24, 2.45) is 0 Å². The number of hydrogen-bond donors (Lipinski definition) is 1. The summed E-state index contributed by atoms with van der Waals surface area (Å²) in [7, 11) is 0. The van der Waals surface area contributed by atoms with E-state index in [-0.39, 0.29) is 17.5 Å². The number of amides is 1. The molecule has 0 unspecified atom stereocenters. The number of rotatable bonds is 6. The summed E-state index contributed by atoms with van der Waals surface area (Å²) in [5, 5.41) is 20.2. The first-order valence-corrected chi connectivity index (χ1v) is 9.11. The number of nitrogens with one attached hydrogen (secondary N) is 1. The molecule has 3 aromatic rings. The Morgan fingerprint density at radius 3 is 2.58 bits per heavy atom. The molecule has 0 aliphatic carbocycles. The predicted octanol–water partition coefficient (Wildman–Crippen LogP) is 3.20. The van der Waals surface area contributed by atoms with Crippen LogP contribution in [-0.4, -0.2) is 37.7 Å². The van der Waals surface area contributed by atoms with Gasteiger partial charge in [0.25, 0.3) is 5.91 Å². The van der Waals surface area contributed by atoms with E-state index in [2.05, 4.69) is 25.8 Å². The Balaban J connectivity index is 1.78. The molecule has 1 N–H and O–H groups in total. The van der Waals surface area contributed by atoms with E-state index in [0.717, 1.165) is 16.4 Å². The smallest absolute Gasteiger partial charge is 0.279 e. The average Bonchev–Trinajstić information content (AvgIpc) is 3.23. The highest BCUT2D eigenvalue weighted by Crippen LogP contribution is 2.23. The lowest BCUT2D eigenvalue weighted by Gasteiger charge is -2.06. The molecule has 0 fully saturated rings. The molecule has 0 bridgehead atoms. The number of nitrogens with zero attached hydrogens (tertiary/aromatic N) is 5. The lowest BCUT2D eigenvalue weighted by Crippen LogP contribution is -2.14. The molecule has 1 amide bonds. The normalized spacial score (nSPS) is 11.0. The number of benzene rings is 1. The van der Waals surface area contributed by atoms with Crippen molar-refractivity contribution in [2.75, 3.05) is 11.9 Å². The Bertz CT molecular complexity index is 900. The SMILES string of the molecule is CCOc1ccc(-n2nnc(C(=O)Nc3nnc(C(C)C)s3)c2C)cc1. The zero-order valence-corrected chi connectivity index (χ0v) is 15.9. The lowest BCUT2D eigenvalue weighted by molar-refractivity contribution is 0.102. The van der Waals surface area contributed by atoms with Crippen molar-refractivity contribution >= 4 is 22.4 Å². The number of hydrogen-bond acceptors (Lipinski definition) is 7. The molecule has 0 saturated carbocycles. The van der Waals surface area contributed by atoms with E-state index in [1.54, 1.807) is 11.6 Å². The molecule has 0 saturated heterocycles. The van der Waals surface area contributed by atoms with Crippen LogP contribution < -0.4 is 10.1 Å². The predicted molar refractivity (Wildman–Crippen MR) is 99.2 cm³/mol. The third-order valence-corrected chi connectivity index (χ3v) is 4.80. The molecule has 26 heavy (non-hydrogen) atoms. The number of anilines is 1. The molecule has 9 heteroatoms. The molecule has 2 aromatic heterocycles. The van der Waals surface area contributed by atoms with Crippen molar-refractivity contribution in [1.29, 1.82) is 0 Å². The van der Waals surface area contributed by atoms with E-state index in [9.17, 15) is 4.79 Å². The fraction of sp³-hybridized carbons (Fsp3) is 0.353. The van der Waals surface area contributed by atoms with E-state index < -0.39 is 0 Å². The summed E-state index contributed by atoms with van der Waals surface area (Å²) in [4.78, 5) is 12.5. The summed E-state index contributed by atoms with van der Waals surface area (Å²) < 4.78 is 7.05. The van der Waals surface area contributed by atoms with Crippen molar-refractivity contribution in [2.45, 2.75) is 33.6 Å². The molecule has 1 aromatic carbocycles. The van der Waals surface area contributed by atoms with Crippen molar-refractivity contribution in [3.8, 4) is 11.4 Å². The molecule has 8 nitrogen and oxygen atoms in total. The maximum Gasteiger partial charge on any atom is 0.279 e. The molecule has 0 aliphatic rings. The molecule has 0 aliphatic heterocycles. The second-order valence-electron chi connectivity index (χ2n) is 5.92. The number of carbonyl (C=O) groups is 1. The zero-order valence-electron chi connectivity index (χ0n) is 15.1. The van der Waals surface area contributed by atoms with Crippen LogP contribution >= 0.6 is 11.3 Å². The van der Waals surface area contributed by atoms with Crippen molar-refractivity contribution in [3.05, 3.63) is 40.7 Å². The first kappa shape index (κ1) is 18.0. The number of carbonyl (C=O) groups excluding carboxylic acids is 1. The maximum atomic E-state index is 12.5. The first-order chi connectivity index (χ1) is 12.5. The third kappa shape index (κ3) is 3.72. The maximum absolute atomic E-state index is 12.5. The Hall–Kier alpha value is -2.81. The van der Waals surface area contributed by atoms with Gasteiger partial charge >= 0.3 is 0 Å². The van der Waals surface area contributed by atoms with Gasteiger partial charge in [0.1, 0.15) is 10.8 Å². The Labute approximate surface area is 155 Å². The van der Waals surface area contributed by atoms with Gasteiger partial charge in [-0.05, 0) is 38.1 Å². The van der Waals surface area contributed by atoms with Crippen LogP contribution in [0.2, 0.25) is 0 Å². The highest BCUT2D eigenvalue weighted by Gasteiger charge is 2.19. The minimum atomic E-state index is -0.355. The van der Waals surface area contributed by atoms with Gasteiger partial charge in [0, 0.05) is 5.92 Å². The van der Waals surface area contributed by atoms with Gasteiger partial charge in [-0.25, -0.2) is 4.68 Å². The molecule has 136 valence electrons. The minimum absolute atomic E-state index is 0.250. The lowest BCUT2D eigenvalue weighted by atomic mass is 10.2. The van der Waals surface area contributed by atoms with Gasteiger partial charge in [-0.1, -0.05) is 30.4 Å². The second kappa shape index (κ2) is 7.61. The topological polar surface area (TPSA) is 94.8 Å². The summed E-state index contributed by atoms with van der Waals surface area (Å²) >= 11 is 1.36. The van der Waals surface area contributed by atoms with Crippen LogP contribution in [0.5, 0.6) is 5.75 Å². The fourth-order valence-electron chi connectivity index (χ4n) is 2.31. The monoisotopic (exact) mass is 372 g/mol. The third-order valence-electron chi connectivity index (χ3n) is 3.66. The van der Waals surface area contributed by atoms with Crippen molar-refractivity contribution in [3.63, 3.8) is 0 Å². The van der Waals surface area contributed by atoms with Gasteiger partial charge in [-0.2, -0.15) is 0 Å². The highest BCUT2D eigenvalue weighted by atomic mass is 32.1. The van der Waals surface area contributed by atoms with Crippen LogP contribution in [0.15, 0.2) is 24.3 Å². The Morgan fingerprint density at radius 1 is 1.23 bits per heavy atom. The van der Waals surface area contributed by atoms with E-state index in [0.29, 0.717) is 17.4 Å².